The van der Waals surface area contributed by atoms with Crippen molar-refractivity contribution in [3.63, 3.8) is 0 Å². The molecule has 4 nitrogen and oxygen atoms in total. The summed E-state index contributed by atoms with van der Waals surface area (Å²) in [6.45, 7) is 0.757. The van der Waals surface area contributed by atoms with Crippen LogP contribution in [-0.4, -0.2) is 35.6 Å². The summed E-state index contributed by atoms with van der Waals surface area (Å²) in [5, 5.41) is 9.73. The van der Waals surface area contributed by atoms with E-state index in [1.54, 1.807) is 11.9 Å². The van der Waals surface area contributed by atoms with Crippen LogP contribution < -0.4 is 4.74 Å². The molecule has 1 aromatic carbocycles. The average Bonchev–Trinajstić information content (AvgIpc) is 2.88. The lowest BCUT2D eigenvalue weighted by Crippen LogP contribution is -2.29. The minimum atomic E-state index is -0.348. The Labute approximate surface area is 106 Å². The van der Waals surface area contributed by atoms with E-state index in [9.17, 15) is 9.90 Å². The number of benzene rings is 1. The Morgan fingerprint density at radius 1 is 1.39 bits per heavy atom. The summed E-state index contributed by atoms with van der Waals surface area (Å²) in [7, 11) is 1.80. The zero-order valence-corrected chi connectivity index (χ0v) is 10.4. The Hall–Kier alpha value is -1.55. The van der Waals surface area contributed by atoms with Gasteiger partial charge in [-0.2, -0.15) is 0 Å². The van der Waals surface area contributed by atoms with Crippen LogP contribution in [0.2, 0.25) is 0 Å². The molecule has 1 aromatic rings. The number of ether oxygens (including phenoxy) is 1. The van der Waals surface area contributed by atoms with E-state index in [2.05, 4.69) is 0 Å². The molecule has 1 unspecified atom stereocenters. The lowest BCUT2D eigenvalue weighted by molar-refractivity contribution is -0.132. The molecule has 4 heteroatoms. The standard InChI is InChI=1S/C14H17NO3/c1-15-7-6-13(14(15)17)18-10-3-4-11-9(8-10)2-5-12(11)16/h3-4,8,12-13,16H,2,5-7H2,1H3/t12-,13?/m0/s1. The van der Waals surface area contributed by atoms with E-state index < -0.39 is 0 Å². The molecule has 1 aliphatic heterocycles. The monoisotopic (exact) mass is 247 g/mol. The smallest absolute Gasteiger partial charge is 0.263 e. The molecule has 18 heavy (non-hydrogen) atoms. The van der Waals surface area contributed by atoms with Gasteiger partial charge in [-0.15, -0.1) is 0 Å². The first-order valence-corrected chi connectivity index (χ1v) is 6.37. The number of hydrogen-bond donors (Lipinski definition) is 1. The summed E-state index contributed by atoms with van der Waals surface area (Å²) in [6.07, 6.45) is 1.72. The maximum Gasteiger partial charge on any atom is 0.263 e. The number of carbonyl (C=O) groups is 1. The minimum Gasteiger partial charge on any atom is -0.481 e. The molecule has 0 spiro atoms. The summed E-state index contributed by atoms with van der Waals surface area (Å²) in [4.78, 5) is 13.5. The molecule has 0 aromatic heterocycles. The van der Waals surface area contributed by atoms with Crippen molar-refractivity contribution in [2.24, 2.45) is 0 Å². The second kappa shape index (κ2) is 4.28. The molecule has 1 N–H and O–H groups in total. The Morgan fingerprint density at radius 3 is 2.94 bits per heavy atom. The number of nitrogens with zero attached hydrogens (tertiary/aromatic N) is 1. The number of carbonyl (C=O) groups excluding carboxylic acids is 1. The molecule has 3 rings (SSSR count). The number of amides is 1. The first-order valence-electron chi connectivity index (χ1n) is 6.37. The fourth-order valence-corrected chi connectivity index (χ4v) is 2.71. The highest BCUT2D eigenvalue weighted by atomic mass is 16.5. The molecule has 0 saturated carbocycles. The SMILES string of the molecule is CN1CCC(Oc2ccc3c(c2)CC[C@@H]3O)C1=O. The highest BCUT2D eigenvalue weighted by Gasteiger charge is 2.31. The van der Waals surface area contributed by atoms with Crippen LogP contribution in [0.4, 0.5) is 0 Å². The second-order valence-electron chi connectivity index (χ2n) is 5.07. The second-order valence-corrected chi connectivity index (χ2v) is 5.07. The van der Waals surface area contributed by atoms with Crippen molar-refractivity contribution in [2.45, 2.75) is 31.5 Å². The molecular weight excluding hydrogens is 230 g/mol. The number of likely N-dealkylation sites (N-methyl/N-ethyl adjacent to an activating group) is 1. The zero-order valence-electron chi connectivity index (χ0n) is 10.4. The van der Waals surface area contributed by atoms with Gasteiger partial charge in [-0.1, -0.05) is 6.07 Å². The fourth-order valence-electron chi connectivity index (χ4n) is 2.71. The summed E-state index contributed by atoms with van der Waals surface area (Å²) < 4.78 is 5.75. The number of aliphatic hydroxyl groups is 1. The quantitative estimate of drug-likeness (QED) is 0.856. The van der Waals surface area contributed by atoms with Crippen LogP contribution in [0.5, 0.6) is 5.75 Å². The normalized spacial score (nSPS) is 26.6. The molecule has 1 amide bonds. The molecule has 2 aliphatic rings. The highest BCUT2D eigenvalue weighted by Crippen LogP contribution is 2.33. The molecule has 0 radical (unpaired) electrons. The van der Waals surface area contributed by atoms with Gasteiger partial charge in [0.15, 0.2) is 6.10 Å². The van der Waals surface area contributed by atoms with E-state index in [4.69, 9.17) is 4.74 Å². The van der Waals surface area contributed by atoms with Crippen molar-refractivity contribution in [1.29, 1.82) is 0 Å². The summed E-state index contributed by atoms with van der Waals surface area (Å²) in [5.41, 5.74) is 2.14. The van der Waals surface area contributed by atoms with Crippen LogP contribution in [0.25, 0.3) is 0 Å². The molecule has 96 valence electrons. The van der Waals surface area contributed by atoms with Crippen LogP contribution in [-0.2, 0) is 11.2 Å². The van der Waals surface area contributed by atoms with Gasteiger partial charge in [0.25, 0.3) is 5.91 Å². The number of fused-ring (bicyclic) bond motifs is 1. The molecule has 1 saturated heterocycles. The van der Waals surface area contributed by atoms with Gasteiger partial charge in [-0.05, 0) is 36.1 Å². The van der Waals surface area contributed by atoms with Gasteiger partial charge in [0.2, 0.25) is 0 Å². The first kappa shape index (κ1) is 11.5. The first-order chi connectivity index (χ1) is 8.65. The summed E-state index contributed by atoms with van der Waals surface area (Å²) >= 11 is 0. The number of likely N-dealkylation sites (tertiary alicyclic amines) is 1. The predicted octanol–water partition coefficient (Wildman–Crippen LogP) is 1.28. The van der Waals surface area contributed by atoms with Crippen LogP contribution in [0.1, 0.15) is 30.1 Å². The third kappa shape index (κ3) is 1.86. The largest absolute Gasteiger partial charge is 0.481 e. The van der Waals surface area contributed by atoms with E-state index >= 15 is 0 Å². The third-order valence-corrected chi connectivity index (χ3v) is 3.82. The van der Waals surface area contributed by atoms with Gasteiger partial charge in [-0.3, -0.25) is 4.79 Å². The van der Waals surface area contributed by atoms with Gasteiger partial charge in [0, 0.05) is 20.0 Å². The van der Waals surface area contributed by atoms with E-state index in [1.165, 1.54) is 0 Å². The number of hydrogen-bond acceptors (Lipinski definition) is 3. The lowest BCUT2D eigenvalue weighted by Gasteiger charge is -2.14. The Balaban J connectivity index is 1.76. The Kier molecular flexibility index (Phi) is 2.74. The van der Waals surface area contributed by atoms with Gasteiger partial charge in [0.05, 0.1) is 6.10 Å². The third-order valence-electron chi connectivity index (χ3n) is 3.82. The average molecular weight is 247 g/mol. The van der Waals surface area contributed by atoms with Crippen molar-refractivity contribution in [2.75, 3.05) is 13.6 Å². The minimum absolute atomic E-state index is 0.0514. The van der Waals surface area contributed by atoms with Crippen molar-refractivity contribution in [3.8, 4) is 5.75 Å². The van der Waals surface area contributed by atoms with Crippen molar-refractivity contribution in [3.05, 3.63) is 29.3 Å². The Bertz CT molecular complexity index is 486. The van der Waals surface area contributed by atoms with Crippen molar-refractivity contribution >= 4 is 5.91 Å². The molecular formula is C14H17NO3. The van der Waals surface area contributed by atoms with E-state index in [0.29, 0.717) is 0 Å². The van der Waals surface area contributed by atoms with Gasteiger partial charge >= 0.3 is 0 Å². The fraction of sp³-hybridized carbons (Fsp3) is 0.500. The lowest BCUT2D eigenvalue weighted by atomic mass is 10.1. The van der Waals surface area contributed by atoms with Gasteiger partial charge in [0.1, 0.15) is 5.75 Å². The van der Waals surface area contributed by atoms with E-state index in [-0.39, 0.29) is 18.1 Å². The maximum atomic E-state index is 11.8. The molecule has 1 aliphatic carbocycles. The van der Waals surface area contributed by atoms with Crippen molar-refractivity contribution < 1.29 is 14.6 Å². The molecule has 2 atom stereocenters. The van der Waals surface area contributed by atoms with E-state index in [0.717, 1.165) is 42.7 Å². The van der Waals surface area contributed by atoms with Gasteiger partial charge in [-0.25, -0.2) is 0 Å². The molecule has 1 fully saturated rings. The van der Waals surface area contributed by atoms with Crippen LogP contribution in [0, 0.1) is 0 Å². The topological polar surface area (TPSA) is 49.8 Å². The predicted molar refractivity (Wildman–Crippen MR) is 66.4 cm³/mol. The number of aliphatic hydroxyl groups excluding tert-OH is 1. The van der Waals surface area contributed by atoms with E-state index in [1.807, 2.05) is 18.2 Å². The van der Waals surface area contributed by atoms with Crippen LogP contribution in [0.15, 0.2) is 18.2 Å². The summed E-state index contributed by atoms with van der Waals surface area (Å²) in [6, 6.07) is 5.71. The highest BCUT2D eigenvalue weighted by molar-refractivity contribution is 5.83. The number of rotatable bonds is 2. The van der Waals surface area contributed by atoms with Crippen LogP contribution in [0.3, 0.4) is 0 Å². The molecule has 0 bridgehead atoms. The van der Waals surface area contributed by atoms with Crippen molar-refractivity contribution in [1.82, 2.24) is 4.90 Å². The van der Waals surface area contributed by atoms with Crippen LogP contribution >= 0.6 is 0 Å². The van der Waals surface area contributed by atoms with Gasteiger partial charge < -0.3 is 14.7 Å². The summed E-state index contributed by atoms with van der Waals surface area (Å²) in [5.74, 6) is 0.784. The Morgan fingerprint density at radius 2 is 2.22 bits per heavy atom. The number of aryl methyl sites for hydroxylation is 1. The molecule has 1 heterocycles. The zero-order chi connectivity index (χ0) is 12.7. The maximum absolute atomic E-state index is 11.8.